The first-order valence-electron chi connectivity index (χ1n) is 9.13. The summed E-state index contributed by atoms with van der Waals surface area (Å²) in [6.45, 7) is 4.98. The van der Waals surface area contributed by atoms with Crippen LogP contribution in [-0.2, 0) is 13.6 Å². The second-order valence-electron chi connectivity index (χ2n) is 7.16. The van der Waals surface area contributed by atoms with Crippen LogP contribution >= 0.6 is 0 Å². The summed E-state index contributed by atoms with van der Waals surface area (Å²) in [6, 6.07) is 8.67. The number of aromatic nitrogens is 2. The van der Waals surface area contributed by atoms with Crippen molar-refractivity contribution in [1.82, 2.24) is 19.4 Å². The molecule has 0 amide bonds. The number of piperazine rings is 1. The maximum atomic E-state index is 12.6. The largest absolute Gasteiger partial charge is 0.308 e. The average Bonchev–Trinajstić information content (AvgIpc) is 3.15. The van der Waals surface area contributed by atoms with Crippen LogP contribution in [0.2, 0.25) is 0 Å². The Balaban J connectivity index is 1.47. The monoisotopic (exact) mass is 326 g/mol. The SMILES string of the molecule is Cn1c(=O)c(CN2CCN(C3CCCC3)CC2)nc2ccccc21. The Morgan fingerprint density at radius 2 is 1.79 bits per heavy atom. The second-order valence-corrected chi connectivity index (χ2v) is 7.16. The summed E-state index contributed by atoms with van der Waals surface area (Å²) in [5.41, 5.74) is 2.51. The number of aryl methyl sites for hydroxylation is 1. The lowest BCUT2D eigenvalue weighted by Crippen LogP contribution is -2.49. The summed E-state index contributed by atoms with van der Waals surface area (Å²) in [7, 11) is 1.84. The highest BCUT2D eigenvalue weighted by Crippen LogP contribution is 2.24. The lowest BCUT2D eigenvalue weighted by molar-refractivity contribution is 0.0927. The zero-order valence-corrected chi connectivity index (χ0v) is 14.4. The molecule has 2 fully saturated rings. The molecule has 2 aromatic rings. The fraction of sp³-hybridized carbons (Fsp3) is 0.579. The molecular weight excluding hydrogens is 300 g/mol. The van der Waals surface area contributed by atoms with Crippen LogP contribution < -0.4 is 5.56 Å². The molecule has 1 aromatic carbocycles. The van der Waals surface area contributed by atoms with Crippen LogP contribution in [0.4, 0.5) is 0 Å². The fourth-order valence-electron chi connectivity index (χ4n) is 4.21. The van der Waals surface area contributed by atoms with Crippen LogP contribution in [0.1, 0.15) is 31.4 Å². The third-order valence-electron chi connectivity index (χ3n) is 5.67. The van der Waals surface area contributed by atoms with E-state index in [1.54, 1.807) is 4.57 Å². The molecule has 0 atom stereocenters. The minimum atomic E-state index is 0.0342. The molecule has 1 aliphatic carbocycles. The van der Waals surface area contributed by atoms with Gasteiger partial charge < -0.3 is 4.57 Å². The Hall–Kier alpha value is -1.72. The van der Waals surface area contributed by atoms with Gasteiger partial charge in [0.05, 0.1) is 11.0 Å². The minimum Gasteiger partial charge on any atom is -0.308 e. The van der Waals surface area contributed by atoms with Crippen molar-refractivity contribution >= 4 is 11.0 Å². The third kappa shape index (κ3) is 2.98. The quantitative estimate of drug-likeness (QED) is 0.865. The first kappa shape index (κ1) is 15.8. The molecule has 2 heterocycles. The molecule has 0 unspecified atom stereocenters. The van der Waals surface area contributed by atoms with E-state index in [1.807, 2.05) is 31.3 Å². The molecule has 128 valence electrons. The van der Waals surface area contributed by atoms with Crippen molar-refractivity contribution in [3.63, 3.8) is 0 Å². The standard InChI is InChI=1S/C19H26N4O/c1-21-18-9-5-4-8-16(18)20-17(19(21)24)14-22-10-12-23(13-11-22)15-6-2-3-7-15/h4-5,8-9,15H,2-3,6-7,10-14H2,1H3. The zero-order chi connectivity index (χ0) is 16.5. The van der Waals surface area contributed by atoms with Crippen molar-refractivity contribution in [2.75, 3.05) is 26.2 Å². The number of rotatable bonds is 3. The van der Waals surface area contributed by atoms with E-state index in [9.17, 15) is 4.79 Å². The lowest BCUT2D eigenvalue weighted by Gasteiger charge is -2.37. The number of para-hydroxylation sites is 2. The number of hydrogen-bond acceptors (Lipinski definition) is 4. The van der Waals surface area contributed by atoms with Crippen molar-refractivity contribution in [2.45, 2.75) is 38.3 Å². The highest BCUT2D eigenvalue weighted by Gasteiger charge is 2.26. The van der Waals surface area contributed by atoms with Crippen LogP contribution in [0.3, 0.4) is 0 Å². The number of hydrogen-bond donors (Lipinski definition) is 0. The van der Waals surface area contributed by atoms with Gasteiger partial charge in [-0.3, -0.25) is 14.6 Å². The molecule has 0 radical (unpaired) electrons. The van der Waals surface area contributed by atoms with E-state index >= 15 is 0 Å². The Kier molecular flexibility index (Phi) is 4.37. The van der Waals surface area contributed by atoms with Gasteiger partial charge in [-0.1, -0.05) is 25.0 Å². The topological polar surface area (TPSA) is 41.4 Å². The van der Waals surface area contributed by atoms with Crippen LogP contribution in [0, 0.1) is 0 Å². The van der Waals surface area contributed by atoms with Gasteiger partial charge in [-0.2, -0.15) is 0 Å². The van der Waals surface area contributed by atoms with Gasteiger partial charge >= 0.3 is 0 Å². The molecule has 0 spiro atoms. The van der Waals surface area contributed by atoms with Crippen LogP contribution in [-0.4, -0.2) is 51.6 Å². The van der Waals surface area contributed by atoms with Gasteiger partial charge in [-0.15, -0.1) is 0 Å². The van der Waals surface area contributed by atoms with Crippen molar-refractivity contribution in [3.8, 4) is 0 Å². The molecule has 5 nitrogen and oxygen atoms in total. The van der Waals surface area contributed by atoms with Gasteiger partial charge in [0, 0.05) is 45.8 Å². The normalized spacial score (nSPS) is 20.9. The second kappa shape index (κ2) is 6.65. The third-order valence-corrected chi connectivity index (χ3v) is 5.67. The van der Waals surface area contributed by atoms with Gasteiger partial charge in [0.15, 0.2) is 0 Å². The van der Waals surface area contributed by atoms with E-state index in [4.69, 9.17) is 0 Å². The van der Waals surface area contributed by atoms with Crippen LogP contribution in [0.15, 0.2) is 29.1 Å². The molecule has 5 heteroatoms. The predicted octanol–water partition coefficient (Wildman–Crippen LogP) is 1.99. The molecule has 1 saturated carbocycles. The Bertz CT molecular complexity index is 771. The molecule has 2 aliphatic rings. The number of benzene rings is 1. The van der Waals surface area contributed by atoms with E-state index in [1.165, 1.54) is 25.7 Å². The highest BCUT2D eigenvalue weighted by molar-refractivity contribution is 5.74. The smallest absolute Gasteiger partial charge is 0.273 e. The van der Waals surface area contributed by atoms with E-state index in [-0.39, 0.29) is 5.56 Å². The molecule has 1 aromatic heterocycles. The molecular formula is C19H26N4O. The highest BCUT2D eigenvalue weighted by atomic mass is 16.1. The zero-order valence-electron chi connectivity index (χ0n) is 14.4. The Labute approximate surface area is 142 Å². The van der Waals surface area contributed by atoms with Crippen molar-refractivity contribution in [1.29, 1.82) is 0 Å². The van der Waals surface area contributed by atoms with E-state index in [2.05, 4.69) is 14.8 Å². The summed E-state index contributed by atoms with van der Waals surface area (Å²) in [4.78, 5) is 22.3. The van der Waals surface area contributed by atoms with Gasteiger partial charge in [-0.05, 0) is 25.0 Å². The van der Waals surface area contributed by atoms with Crippen LogP contribution in [0.5, 0.6) is 0 Å². The minimum absolute atomic E-state index is 0.0342. The van der Waals surface area contributed by atoms with Crippen molar-refractivity contribution < 1.29 is 0 Å². The Morgan fingerprint density at radius 1 is 1.08 bits per heavy atom. The predicted molar refractivity (Wildman–Crippen MR) is 96.1 cm³/mol. The van der Waals surface area contributed by atoms with Gasteiger partial charge in [0.1, 0.15) is 5.69 Å². The Morgan fingerprint density at radius 3 is 2.54 bits per heavy atom. The first-order chi connectivity index (χ1) is 11.7. The first-order valence-corrected chi connectivity index (χ1v) is 9.13. The molecule has 1 aliphatic heterocycles. The molecule has 0 bridgehead atoms. The van der Waals surface area contributed by atoms with Crippen molar-refractivity contribution in [3.05, 3.63) is 40.3 Å². The summed E-state index contributed by atoms with van der Waals surface area (Å²) in [6.07, 6.45) is 5.52. The van der Waals surface area contributed by atoms with Gasteiger partial charge in [-0.25, -0.2) is 4.98 Å². The molecule has 24 heavy (non-hydrogen) atoms. The van der Waals surface area contributed by atoms with E-state index in [0.29, 0.717) is 12.2 Å². The number of fused-ring (bicyclic) bond motifs is 1. The van der Waals surface area contributed by atoms with Gasteiger partial charge in [0.2, 0.25) is 0 Å². The fourth-order valence-corrected chi connectivity index (χ4v) is 4.21. The van der Waals surface area contributed by atoms with E-state index in [0.717, 1.165) is 43.3 Å². The van der Waals surface area contributed by atoms with Gasteiger partial charge in [0.25, 0.3) is 5.56 Å². The summed E-state index contributed by atoms with van der Waals surface area (Å²) in [5.74, 6) is 0. The lowest BCUT2D eigenvalue weighted by atomic mass is 10.2. The number of nitrogens with zero attached hydrogens (tertiary/aromatic N) is 4. The van der Waals surface area contributed by atoms with E-state index < -0.39 is 0 Å². The summed E-state index contributed by atoms with van der Waals surface area (Å²) in [5, 5.41) is 0. The summed E-state index contributed by atoms with van der Waals surface area (Å²) >= 11 is 0. The molecule has 0 N–H and O–H groups in total. The molecule has 1 saturated heterocycles. The maximum absolute atomic E-state index is 12.6. The summed E-state index contributed by atoms with van der Waals surface area (Å²) < 4.78 is 1.73. The van der Waals surface area contributed by atoms with Crippen LogP contribution in [0.25, 0.3) is 11.0 Å². The van der Waals surface area contributed by atoms with Crippen molar-refractivity contribution in [2.24, 2.45) is 7.05 Å². The molecule has 4 rings (SSSR count). The average molecular weight is 326 g/mol. The maximum Gasteiger partial charge on any atom is 0.273 e.